The van der Waals surface area contributed by atoms with Crippen LogP contribution >= 0.6 is 0 Å². The van der Waals surface area contributed by atoms with Crippen LogP contribution in [-0.2, 0) is 0 Å². The average Bonchev–Trinajstić information content (AvgIpc) is 2.75. The van der Waals surface area contributed by atoms with Crippen molar-refractivity contribution >= 4 is 23.1 Å². The molecule has 0 aliphatic carbocycles. The molecule has 0 fully saturated rings. The lowest BCUT2D eigenvalue weighted by atomic mass is 10.1. The Morgan fingerprint density at radius 3 is 2.37 bits per heavy atom. The summed E-state index contributed by atoms with van der Waals surface area (Å²) in [4.78, 5) is 20.9. The lowest BCUT2D eigenvalue weighted by molar-refractivity contribution is 0.102. The fourth-order valence-corrected chi connectivity index (χ4v) is 2.93. The van der Waals surface area contributed by atoms with E-state index >= 15 is 0 Å². The Balaban J connectivity index is 1.45. The van der Waals surface area contributed by atoms with Gasteiger partial charge < -0.3 is 10.6 Å². The number of carbonyl (C=O) groups is 1. The number of hydrogen-bond donors (Lipinski definition) is 2. The zero-order chi connectivity index (χ0) is 20.9. The fourth-order valence-electron chi connectivity index (χ4n) is 2.93. The van der Waals surface area contributed by atoms with E-state index in [0.29, 0.717) is 17.1 Å². The van der Waals surface area contributed by atoms with Crippen LogP contribution in [-0.4, -0.2) is 15.9 Å². The number of benzene rings is 3. The molecule has 3 aromatic carbocycles. The number of aryl methyl sites for hydroxylation is 1. The van der Waals surface area contributed by atoms with E-state index in [9.17, 15) is 9.18 Å². The number of halogens is 1. The van der Waals surface area contributed by atoms with Gasteiger partial charge in [-0.15, -0.1) is 0 Å². The summed E-state index contributed by atoms with van der Waals surface area (Å²) < 4.78 is 13.3. The second-order valence-electron chi connectivity index (χ2n) is 6.82. The molecule has 0 spiro atoms. The molecule has 6 heteroatoms. The van der Waals surface area contributed by atoms with Crippen LogP contribution in [0.25, 0.3) is 11.3 Å². The van der Waals surface area contributed by atoms with Gasteiger partial charge in [0.25, 0.3) is 5.91 Å². The molecule has 1 heterocycles. The van der Waals surface area contributed by atoms with Crippen LogP contribution in [0.2, 0.25) is 0 Å². The first kappa shape index (κ1) is 19.3. The molecule has 2 N–H and O–H groups in total. The Labute approximate surface area is 173 Å². The van der Waals surface area contributed by atoms with Crippen molar-refractivity contribution in [2.75, 3.05) is 10.6 Å². The summed E-state index contributed by atoms with van der Waals surface area (Å²) in [5.41, 5.74) is 4.67. The quantitative estimate of drug-likeness (QED) is 0.460. The third-order valence-electron chi connectivity index (χ3n) is 4.52. The topological polar surface area (TPSA) is 66.9 Å². The smallest absolute Gasteiger partial charge is 0.255 e. The third-order valence-corrected chi connectivity index (χ3v) is 4.52. The van der Waals surface area contributed by atoms with Gasteiger partial charge in [0.2, 0.25) is 0 Å². The molecule has 5 nitrogen and oxygen atoms in total. The minimum atomic E-state index is -0.401. The van der Waals surface area contributed by atoms with Crippen molar-refractivity contribution < 1.29 is 9.18 Å². The largest absolute Gasteiger partial charge is 0.340 e. The second kappa shape index (κ2) is 8.53. The average molecular weight is 398 g/mol. The molecular formula is C24H19FN4O. The highest BCUT2D eigenvalue weighted by Gasteiger charge is 2.07. The highest BCUT2D eigenvalue weighted by molar-refractivity contribution is 6.04. The van der Waals surface area contributed by atoms with E-state index in [1.54, 1.807) is 36.4 Å². The molecule has 4 rings (SSSR count). The summed E-state index contributed by atoms with van der Waals surface area (Å²) in [6.45, 7) is 2.04. The third kappa shape index (κ3) is 4.67. The molecule has 30 heavy (non-hydrogen) atoms. The van der Waals surface area contributed by atoms with Crippen molar-refractivity contribution in [3.05, 3.63) is 102 Å². The maximum absolute atomic E-state index is 13.3. The Morgan fingerprint density at radius 2 is 1.63 bits per heavy atom. The van der Waals surface area contributed by atoms with Crippen molar-refractivity contribution in [1.82, 2.24) is 9.97 Å². The molecule has 0 aliphatic heterocycles. The first-order valence-electron chi connectivity index (χ1n) is 9.40. The first-order valence-corrected chi connectivity index (χ1v) is 9.40. The van der Waals surface area contributed by atoms with Crippen LogP contribution < -0.4 is 10.6 Å². The van der Waals surface area contributed by atoms with Crippen molar-refractivity contribution in [3.63, 3.8) is 0 Å². The van der Waals surface area contributed by atoms with Gasteiger partial charge in [-0.05, 0) is 49.4 Å². The minimum Gasteiger partial charge on any atom is -0.340 e. The highest BCUT2D eigenvalue weighted by atomic mass is 19.1. The number of amides is 1. The summed E-state index contributed by atoms with van der Waals surface area (Å²) in [6.07, 6.45) is 1.51. The van der Waals surface area contributed by atoms with Crippen LogP contribution in [0.5, 0.6) is 0 Å². The molecule has 4 aromatic rings. The van der Waals surface area contributed by atoms with E-state index in [2.05, 4.69) is 20.6 Å². The van der Waals surface area contributed by atoms with E-state index < -0.39 is 5.82 Å². The fraction of sp³-hybridized carbons (Fsp3) is 0.0417. The molecule has 0 aliphatic rings. The van der Waals surface area contributed by atoms with E-state index in [1.165, 1.54) is 24.0 Å². The molecule has 0 unspecified atom stereocenters. The number of nitrogens with one attached hydrogen (secondary N) is 2. The molecule has 0 saturated heterocycles. The molecule has 1 amide bonds. The number of anilines is 3. The van der Waals surface area contributed by atoms with Crippen molar-refractivity contribution in [2.24, 2.45) is 0 Å². The van der Waals surface area contributed by atoms with Gasteiger partial charge in [-0.3, -0.25) is 4.79 Å². The van der Waals surface area contributed by atoms with Crippen molar-refractivity contribution in [3.8, 4) is 11.3 Å². The molecule has 0 radical (unpaired) electrons. The van der Waals surface area contributed by atoms with Gasteiger partial charge in [0, 0.05) is 28.6 Å². The Hall–Kier alpha value is -4.06. The SMILES string of the molecule is Cc1ccc(-c2cc(Nc3ccc(C(=O)Nc4cccc(F)c4)cc3)ncn2)cc1. The number of aromatic nitrogens is 2. The van der Waals surface area contributed by atoms with Crippen LogP contribution in [0, 0.1) is 12.7 Å². The maximum Gasteiger partial charge on any atom is 0.255 e. The maximum atomic E-state index is 13.3. The Kier molecular flexibility index (Phi) is 5.48. The number of hydrogen-bond acceptors (Lipinski definition) is 4. The number of nitrogens with zero attached hydrogens (tertiary/aromatic N) is 2. The monoisotopic (exact) mass is 398 g/mol. The Morgan fingerprint density at radius 1 is 0.867 bits per heavy atom. The summed E-state index contributed by atoms with van der Waals surface area (Å²) >= 11 is 0. The summed E-state index contributed by atoms with van der Waals surface area (Å²) in [6, 6.07) is 22.7. The molecular weight excluding hydrogens is 379 g/mol. The van der Waals surface area contributed by atoms with Gasteiger partial charge >= 0.3 is 0 Å². The summed E-state index contributed by atoms with van der Waals surface area (Å²) in [5.74, 6) is -0.0596. The van der Waals surface area contributed by atoms with E-state index in [4.69, 9.17) is 0 Å². The molecule has 1 aromatic heterocycles. The van der Waals surface area contributed by atoms with Gasteiger partial charge in [0.15, 0.2) is 0 Å². The van der Waals surface area contributed by atoms with E-state index in [-0.39, 0.29) is 5.91 Å². The zero-order valence-corrected chi connectivity index (χ0v) is 16.3. The molecule has 0 atom stereocenters. The van der Waals surface area contributed by atoms with Crippen molar-refractivity contribution in [1.29, 1.82) is 0 Å². The molecule has 0 bridgehead atoms. The van der Waals surface area contributed by atoms with E-state index in [1.807, 2.05) is 37.3 Å². The highest BCUT2D eigenvalue weighted by Crippen LogP contribution is 2.22. The van der Waals surface area contributed by atoms with Gasteiger partial charge in [0.1, 0.15) is 18.0 Å². The zero-order valence-electron chi connectivity index (χ0n) is 16.3. The van der Waals surface area contributed by atoms with Crippen LogP contribution in [0.1, 0.15) is 15.9 Å². The lowest BCUT2D eigenvalue weighted by Crippen LogP contribution is -2.11. The van der Waals surface area contributed by atoms with Gasteiger partial charge in [-0.1, -0.05) is 35.9 Å². The normalized spacial score (nSPS) is 10.5. The standard InChI is InChI=1S/C24H19FN4O/c1-16-5-7-17(8-6-16)22-14-23(27-15-26-22)28-20-11-9-18(10-12-20)24(30)29-21-4-2-3-19(25)13-21/h2-15H,1H3,(H,29,30)(H,26,27,28). The number of rotatable bonds is 5. The van der Waals surface area contributed by atoms with Gasteiger partial charge in [-0.2, -0.15) is 0 Å². The van der Waals surface area contributed by atoms with Crippen LogP contribution in [0.15, 0.2) is 85.2 Å². The van der Waals surface area contributed by atoms with Gasteiger partial charge in [0.05, 0.1) is 5.69 Å². The van der Waals surface area contributed by atoms with Crippen molar-refractivity contribution in [2.45, 2.75) is 6.92 Å². The first-order chi connectivity index (χ1) is 14.6. The minimum absolute atomic E-state index is 0.309. The molecule has 0 saturated carbocycles. The van der Waals surface area contributed by atoms with Crippen LogP contribution in [0.4, 0.5) is 21.6 Å². The predicted octanol–water partition coefficient (Wildman–Crippen LogP) is 5.59. The van der Waals surface area contributed by atoms with E-state index in [0.717, 1.165) is 16.9 Å². The van der Waals surface area contributed by atoms with Crippen LogP contribution in [0.3, 0.4) is 0 Å². The molecule has 148 valence electrons. The Bertz CT molecular complexity index is 1170. The second-order valence-corrected chi connectivity index (χ2v) is 6.82. The predicted molar refractivity (Wildman–Crippen MR) is 116 cm³/mol. The lowest BCUT2D eigenvalue weighted by Gasteiger charge is -2.09. The number of carbonyl (C=O) groups excluding carboxylic acids is 1. The summed E-state index contributed by atoms with van der Waals surface area (Å²) in [5, 5.41) is 5.89. The van der Waals surface area contributed by atoms with Gasteiger partial charge in [-0.25, -0.2) is 14.4 Å². The summed E-state index contributed by atoms with van der Waals surface area (Å²) in [7, 11) is 0.